The molecule has 2 rings (SSSR count). The molecule has 1 saturated heterocycles. The Kier molecular flexibility index (Phi) is 4.24. The standard InChI is InChI=1S/C13H16BrNO3/c1-8-10(4-5-18-8)7-15-13(17)9-2-3-11(14)12(16)6-9/h2-3,6,8,10,16H,4-5,7H2,1H3,(H,15,17). The first-order chi connectivity index (χ1) is 8.58. The third kappa shape index (κ3) is 3.03. The molecule has 4 nitrogen and oxygen atoms in total. The van der Waals surface area contributed by atoms with E-state index in [4.69, 9.17) is 4.74 Å². The number of phenols is 1. The average molecular weight is 314 g/mol. The molecule has 0 bridgehead atoms. The van der Waals surface area contributed by atoms with Gasteiger partial charge in [0.1, 0.15) is 5.75 Å². The molecule has 2 unspecified atom stereocenters. The van der Waals surface area contributed by atoms with Crippen LogP contribution in [0, 0.1) is 5.92 Å². The number of hydrogen-bond donors (Lipinski definition) is 2. The molecule has 1 aromatic carbocycles. The van der Waals surface area contributed by atoms with Gasteiger partial charge in [0, 0.05) is 24.6 Å². The van der Waals surface area contributed by atoms with Crippen LogP contribution in [0.15, 0.2) is 22.7 Å². The van der Waals surface area contributed by atoms with E-state index in [1.54, 1.807) is 12.1 Å². The fourth-order valence-electron chi connectivity index (χ4n) is 2.02. The van der Waals surface area contributed by atoms with Crippen molar-refractivity contribution < 1.29 is 14.6 Å². The Labute approximate surface area is 114 Å². The van der Waals surface area contributed by atoms with E-state index >= 15 is 0 Å². The van der Waals surface area contributed by atoms with Gasteiger partial charge >= 0.3 is 0 Å². The Hall–Kier alpha value is -1.07. The number of aromatic hydroxyl groups is 1. The molecule has 5 heteroatoms. The number of nitrogens with one attached hydrogen (secondary N) is 1. The zero-order valence-corrected chi connectivity index (χ0v) is 11.7. The molecule has 0 aliphatic carbocycles. The average Bonchev–Trinajstić information content (AvgIpc) is 2.75. The summed E-state index contributed by atoms with van der Waals surface area (Å²) in [4.78, 5) is 11.9. The molecular formula is C13H16BrNO3. The lowest BCUT2D eigenvalue weighted by Crippen LogP contribution is -2.31. The fourth-order valence-corrected chi connectivity index (χ4v) is 2.27. The molecule has 1 aliphatic heterocycles. The Morgan fingerprint density at radius 2 is 2.39 bits per heavy atom. The molecule has 0 saturated carbocycles. The summed E-state index contributed by atoms with van der Waals surface area (Å²) in [5.74, 6) is 0.273. The highest BCUT2D eigenvalue weighted by molar-refractivity contribution is 9.10. The third-order valence-electron chi connectivity index (χ3n) is 3.27. The van der Waals surface area contributed by atoms with Gasteiger partial charge in [-0.05, 0) is 47.5 Å². The van der Waals surface area contributed by atoms with Gasteiger partial charge in [-0.25, -0.2) is 0 Å². The van der Waals surface area contributed by atoms with Crippen molar-refractivity contribution in [3.05, 3.63) is 28.2 Å². The van der Waals surface area contributed by atoms with Crippen molar-refractivity contribution in [1.82, 2.24) is 5.32 Å². The predicted molar refractivity (Wildman–Crippen MR) is 71.7 cm³/mol. The van der Waals surface area contributed by atoms with Gasteiger partial charge in [-0.15, -0.1) is 0 Å². The van der Waals surface area contributed by atoms with E-state index in [2.05, 4.69) is 21.2 Å². The maximum absolute atomic E-state index is 11.9. The summed E-state index contributed by atoms with van der Waals surface area (Å²) in [6.07, 6.45) is 1.18. The Morgan fingerprint density at radius 1 is 1.61 bits per heavy atom. The van der Waals surface area contributed by atoms with Gasteiger partial charge in [0.25, 0.3) is 5.91 Å². The van der Waals surface area contributed by atoms with E-state index in [0.717, 1.165) is 13.0 Å². The van der Waals surface area contributed by atoms with Crippen LogP contribution in [-0.2, 0) is 4.74 Å². The van der Waals surface area contributed by atoms with Crippen LogP contribution in [0.5, 0.6) is 5.75 Å². The molecule has 98 valence electrons. The molecule has 1 amide bonds. The third-order valence-corrected chi connectivity index (χ3v) is 3.94. The summed E-state index contributed by atoms with van der Waals surface area (Å²) in [6.45, 7) is 3.40. The fraction of sp³-hybridized carbons (Fsp3) is 0.462. The minimum atomic E-state index is -0.170. The monoisotopic (exact) mass is 313 g/mol. The maximum Gasteiger partial charge on any atom is 0.251 e. The van der Waals surface area contributed by atoms with Gasteiger partial charge in [0.2, 0.25) is 0 Å². The number of rotatable bonds is 3. The number of benzene rings is 1. The minimum absolute atomic E-state index is 0.0696. The first-order valence-electron chi connectivity index (χ1n) is 5.96. The maximum atomic E-state index is 11.9. The lowest BCUT2D eigenvalue weighted by atomic mass is 10.0. The van der Waals surface area contributed by atoms with E-state index in [9.17, 15) is 9.90 Å². The first-order valence-corrected chi connectivity index (χ1v) is 6.75. The second-order valence-electron chi connectivity index (χ2n) is 4.50. The number of amides is 1. The summed E-state index contributed by atoms with van der Waals surface area (Å²) in [5, 5.41) is 12.4. The van der Waals surface area contributed by atoms with E-state index in [-0.39, 0.29) is 17.8 Å². The predicted octanol–water partition coefficient (Wildman–Crippen LogP) is 2.31. The number of hydrogen-bond acceptors (Lipinski definition) is 3. The van der Waals surface area contributed by atoms with Crippen molar-refractivity contribution in [2.24, 2.45) is 5.92 Å². The molecule has 18 heavy (non-hydrogen) atoms. The van der Waals surface area contributed by atoms with Crippen LogP contribution in [0.2, 0.25) is 0 Å². The van der Waals surface area contributed by atoms with E-state index in [1.807, 2.05) is 6.92 Å². The lowest BCUT2D eigenvalue weighted by Gasteiger charge is -2.14. The minimum Gasteiger partial charge on any atom is -0.507 e. The van der Waals surface area contributed by atoms with Crippen molar-refractivity contribution in [2.45, 2.75) is 19.4 Å². The Morgan fingerprint density at radius 3 is 3.00 bits per heavy atom. The number of carbonyl (C=O) groups excluding carboxylic acids is 1. The van der Waals surface area contributed by atoms with Gasteiger partial charge in [0.05, 0.1) is 10.6 Å². The van der Waals surface area contributed by atoms with E-state index in [0.29, 0.717) is 22.5 Å². The number of carbonyl (C=O) groups is 1. The molecule has 1 heterocycles. The van der Waals surface area contributed by atoms with Gasteiger partial charge in [-0.2, -0.15) is 0 Å². The molecule has 0 spiro atoms. The van der Waals surface area contributed by atoms with Crippen LogP contribution in [0.1, 0.15) is 23.7 Å². The van der Waals surface area contributed by atoms with Gasteiger partial charge < -0.3 is 15.2 Å². The molecule has 1 aliphatic rings. The smallest absolute Gasteiger partial charge is 0.251 e. The summed E-state index contributed by atoms with van der Waals surface area (Å²) in [5.41, 5.74) is 0.460. The van der Waals surface area contributed by atoms with Crippen LogP contribution in [0.25, 0.3) is 0 Å². The van der Waals surface area contributed by atoms with Crippen LogP contribution in [0.4, 0.5) is 0 Å². The molecule has 2 N–H and O–H groups in total. The van der Waals surface area contributed by atoms with E-state index in [1.165, 1.54) is 6.07 Å². The zero-order valence-electron chi connectivity index (χ0n) is 10.1. The van der Waals surface area contributed by atoms with Crippen LogP contribution < -0.4 is 5.32 Å². The highest BCUT2D eigenvalue weighted by Gasteiger charge is 2.24. The van der Waals surface area contributed by atoms with E-state index < -0.39 is 0 Å². The van der Waals surface area contributed by atoms with Crippen molar-refractivity contribution in [3.8, 4) is 5.75 Å². The van der Waals surface area contributed by atoms with Crippen molar-refractivity contribution >= 4 is 21.8 Å². The summed E-state index contributed by atoms with van der Waals surface area (Å²) >= 11 is 3.18. The molecule has 1 aromatic rings. The lowest BCUT2D eigenvalue weighted by molar-refractivity contribution is 0.0907. The second kappa shape index (κ2) is 5.71. The Balaban J connectivity index is 1.93. The summed E-state index contributed by atoms with van der Waals surface area (Å²) in [6, 6.07) is 4.78. The number of halogens is 1. The van der Waals surface area contributed by atoms with Crippen molar-refractivity contribution in [3.63, 3.8) is 0 Å². The van der Waals surface area contributed by atoms with Crippen molar-refractivity contribution in [2.75, 3.05) is 13.2 Å². The highest BCUT2D eigenvalue weighted by Crippen LogP contribution is 2.24. The Bertz CT molecular complexity index is 450. The molecular weight excluding hydrogens is 298 g/mol. The molecule has 2 atom stereocenters. The second-order valence-corrected chi connectivity index (χ2v) is 5.36. The normalized spacial score (nSPS) is 23.0. The first kappa shape index (κ1) is 13.4. The molecule has 0 radical (unpaired) electrons. The number of phenolic OH excluding ortho intramolecular Hbond substituents is 1. The van der Waals surface area contributed by atoms with Crippen molar-refractivity contribution in [1.29, 1.82) is 0 Å². The van der Waals surface area contributed by atoms with Gasteiger partial charge in [-0.1, -0.05) is 0 Å². The zero-order chi connectivity index (χ0) is 13.1. The van der Waals surface area contributed by atoms with Gasteiger partial charge in [-0.3, -0.25) is 4.79 Å². The molecule has 1 fully saturated rings. The van der Waals surface area contributed by atoms with Crippen LogP contribution >= 0.6 is 15.9 Å². The topological polar surface area (TPSA) is 58.6 Å². The van der Waals surface area contributed by atoms with Crippen LogP contribution in [0.3, 0.4) is 0 Å². The van der Waals surface area contributed by atoms with Crippen LogP contribution in [-0.4, -0.2) is 30.3 Å². The largest absolute Gasteiger partial charge is 0.507 e. The summed E-state index contributed by atoms with van der Waals surface area (Å²) in [7, 11) is 0. The SMILES string of the molecule is CC1OCCC1CNC(=O)c1ccc(Br)c(O)c1. The summed E-state index contributed by atoms with van der Waals surface area (Å²) < 4.78 is 6.02. The number of ether oxygens (including phenoxy) is 1. The quantitative estimate of drug-likeness (QED) is 0.900. The van der Waals surface area contributed by atoms with Gasteiger partial charge in [0.15, 0.2) is 0 Å². The molecule has 0 aromatic heterocycles. The highest BCUT2D eigenvalue weighted by atomic mass is 79.9.